The van der Waals surface area contributed by atoms with Crippen LogP contribution in [-0.2, 0) is 14.6 Å². The van der Waals surface area contributed by atoms with E-state index in [9.17, 15) is 18.3 Å². The Hall–Kier alpha value is -0.420. The predicted molar refractivity (Wildman–Crippen MR) is 50.2 cm³/mol. The summed E-state index contributed by atoms with van der Waals surface area (Å²) in [5.74, 6) is -0.328. The quantitative estimate of drug-likeness (QED) is 0.698. The van der Waals surface area contributed by atoms with E-state index in [-0.39, 0.29) is 24.4 Å². The van der Waals surface area contributed by atoms with E-state index in [0.717, 1.165) is 6.26 Å². The smallest absolute Gasteiger partial charge is 0.163 e. The first-order valence-electron chi connectivity index (χ1n) is 4.06. The summed E-state index contributed by atoms with van der Waals surface area (Å²) in [6.07, 6.45) is 1.51. The van der Waals surface area contributed by atoms with Crippen LogP contribution in [0.1, 0.15) is 26.7 Å². The molecule has 0 heterocycles. The van der Waals surface area contributed by atoms with Crippen molar-refractivity contribution >= 4 is 15.6 Å². The third-order valence-corrected chi connectivity index (χ3v) is 2.63. The van der Waals surface area contributed by atoms with Crippen molar-refractivity contribution in [2.24, 2.45) is 0 Å². The van der Waals surface area contributed by atoms with Gasteiger partial charge in [-0.2, -0.15) is 0 Å². The van der Waals surface area contributed by atoms with Crippen molar-refractivity contribution in [3.05, 3.63) is 0 Å². The lowest BCUT2D eigenvalue weighted by Crippen LogP contribution is -2.31. The van der Waals surface area contributed by atoms with E-state index < -0.39 is 15.4 Å². The summed E-state index contributed by atoms with van der Waals surface area (Å²) in [6, 6.07) is 0. The Labute approximate surface area is 78.9 Å². The second kappa shape index (κ2) is 4.19. The number of aliphatic hydroxyl groups is 1. The topological polar surface area (TPSA) is 71.4 Å². The van der Waals surface area contributed by atoms with Crippen LogP contribution in [0.3, 0.4) is 0 Å². The number of hydrogen-bond donors (Lipinski definition) is 1. The van der Waals surface area contributed by atoms with Gasteiger partial charge in [-0.05, 0) is 20.3 Å². The highest BCUT2D eigenvalue weighted by molar-refractivity contribution is 7.90. The molecule has 0 radical (unpaired) electrons. The molecule has 0 aliphatic heterocycles. The standard InChI is InChI=1S/C8H16O4S/c1-8(2,10)7(9)5-4-6-13(3,11)12/h10H,4-6H2,1-3H3. The van der Waals surface area contributed by atoms with Crippen molar-refractivity contribution in [1.82, 2.24) is 0 Å². The highest BCUT2D eigenvalue weighted by Crippen LogP contribution is 2.08. The first kappa shape index (κ1) is 12.6. The number of sulfone groups is 1. The molecule has 1 N–H and O–H groups in total. The molecular formula is C8H16O4S. The Morgan fingerprint density at radius 1 is 1.38 bits per heavy atom. The summed E-state index contributed by atoms with van der Waals surface area (Å²) in [6.45, 7) is 2.80. The van der Waals surface area contributed by atoms with E-state index in [4.69, 9.17) is 0 Å². The summed E-state index contributed by atoms with van der Waals surface area (Å²) < 4.78 is 21.4. The third kappa shape index (κ3) is 6.72. The number of carbonyl (C=O) groups is 1. The van der Waals surface area contributed by atoms with E-state index >= 15 is 0 Å². The molecule has 0 spiro atoms. The van der Waals surface area contributed by atoms with Gasteiger partial charge < -0.3 is 5.11 Å². The van der Waals surface area contributed by atoms with Gasteiger partial charge in [-0.1, -0.05) is 0 Å². The molecule has 0 aliphatic rings. The molecule has 0 saturated heterocycles. The number of carbonyl (C=O) groups excluding carboxylic acids is 1. The van der Waals surface area contributed by atoms with Gasteiger partial charge in [0.2, 0.25) is 0 Å². The Balaban J connectivity index is 3.87. The Morgan fingerprint density at radius 2 is 1.85 bits per heavy atom. The van der Waals surface area contributed by atoms with Crippen LogP contribution in [0, 0.1) is 0 Å². The van der Waals surface area contributed by atoms with Crippen LogP contribution < -0.4 is 0 Å². The molecule has 0 amide bonds. The van der Waals surface area contributed by atoms with Gasteiger partial charge in [0.15, 0.2) is 5.78 Å². The molecule has 0 fully saturated rings. The second-order valence-electron chi connectivity index (χ2n) is 3.72. The molecular weight excluding hydrogens is 192 g/mol. The van der Waals surface area contributed by atoms with E-state index in [1.165, 1.54) is 13.8 Å². The van der Waals surface area contributed by atoms with Crippen LogP contribution >= 0.6 is 0 Å². The van der Waals surface area contributed by atoms with E-state index in [1.54, 1.807) is 0 Å². The zero-order valence-electron chi connectivity index (χ0n) is 8.20. The molecule has 0 aromatic carbocycles. The molecule has 5 heteroatoms. The van der Waals surface area contributed by atoms with Crippen LogP contribution in [0.2, 0.25) is 0 Å². The van der Waals surface area contributed by atoms with Gasteiger partial charge in [0.1, 0.15) is 15.4 Å². The Kier molecular flexibility index (Phi) is 4.06. The largest absolute Gasteiger partial charge is 0.383 e. The summed E-state index contributed by atoms with van der Waals surface area (Å²) >= 11 is 0. The minimum Gasteiger partial charge on any atom is -0.383 e. The molecule has 78 valence electrons. The summed E-state index contributed by atoms with van der Waals surface area (Å²) in [5, 5.41) is 9.22. The van der Waals surface area contributed by atoms with Crippen molar-refractivity contribution in [3.63, 3.8) is 0 Å². The zero-order chi connectivity index (χ0) is 10.7. The van der Waals surface area contributed by atoms with Crippen molar-refractivity contribution in [2.45, 2.75) is 32.3 Å². The van der Waals surface area contributed by atoms with Crippen molar-refractivity contribution in [2.75, 3.05) is 12.0 Å². The van der Waals surface area contributed by atoms with Crippen molar-refractivity contribution < 1.29 is 18.3 Å². The molecule has 4 nitrogen and oxygen atoms in total. The lowest BCUT2D eigenvalue weighted by Gasteiger charge is -2.14. The molecule has 0 atom stereocenters. The van der Waals surface area contributed by atoms with Gasteiger partial charge in [0, 0.05) is 12.7 Å². The lowest BCUT2D eigenvalue weighted by molar-refractivity contribution is -0.134. The summed E-state index contributed by atoms with van der Waals surface area (Å²) in [4.78, 5) is 11.1. The van der Waals surface area contributed by atoms with Crippen molar-refractivity contribution in [3.8, 4) is 0 Å². The molecule has 0 saturated carbocycles. The molecule has 0 aromatic heterocycles. The maximum atomic E-state index is 11.1. The molecule has 0 unspecified atom stereocenters. The minimum atomic E-state index is -3.00. The maximum Gasteiger partial charge on any atom is 0.163 e. The number of Topliss-reactive ketones (excluding diaryl/α,β-unsaturated/α-hetero) is 1. The fourth-order valence-corrected chi connectivity index (χ4v) is 1.47. The van der Waals surface area contributed by atoms with Gasteiger partial charge in [0.25, 0.3) is 0 Å². The predicted octanol–water partition coefficient (Wildman–Crippen LogP) is 0.151. The average Bonchev–Trinajstić information content (AvgIpc) is 1.82. The SMILES string of the molecule is CC(C)(O)C(=O)CCCS(C)(=O)=O. The monoisotopic (exact) mass is 208 g/mol. The van der Waals surface area contributed by atoms with Gasteiger partial charge >= 0.3 is 0 Å². The van der Waals surface area contributed by atoms with E-state index in [1.807, 2.05) is 0 Å². The number of ketones is 1. The van der Waals surface area contributed by atoms with Crippen LogP contribution in [0.5, 0.6) is 0 Å². The molecule has 0 aromatic rings. The summed E-state index contributed by atoms with van der Waals surface area (Å²) in [7, 11) is -3.00. The van der Waals surface area contributed by atoms with E-state index in [2.05, 4.69) is 0 Å². The highest BCUT2D eigenvalue weighted by atomic mass is 32.2. The second-order valence-corrected chi connectivity index (χ2v) is 5.98. The average molecular weight is 208 g/mol. The van der Waals surface area contributed by atoms with Crippen LogP contribution in [0.25, 0.3) is 0 Å². The molecule has 0 aliphatic carbocycles. The normalized spacial score (nSPS) is 12.9. The Morgan fingerprint density at radius 3 is 2.15 bits per heavy atom. The fourth-order valence-electron chi connectivity index (χ4n) is 0.801. The first-order valence-corrected chi connectivity index (χ1v) is 6.12. The minimum absolute atomic E-state index is 0.00514. The zero-order valence-corrected chi connectivity index (χ0v) is 9.02. The van der Waals surface area contributed by atoms with Gasteiger partial charge in [0.05, 0.1) is 5.75 Å². The lowest BCUT2D eigenvalue weighted by atomic mass is 10.0. The van der Waals surface area contributed by atoms with Crippen LogP contribution in [0.4, 0.5) is 0 Å². The van der Waals surface area contributed by atoms with Gasteiger partial charge in [-0.3, -0.25) is 4.79 Å². The highest BCUT2D eigenvalue weighted by Gasteiger charge is 2.22. The molecule has 0 rings (SSSR count). The van der Waals surface area contributed by atoms with Gasteiger partial charge in [-0.15, -0.1) is 0 Å². The van der Waals surface area contributed by atoms with Crippen LogP contribution in [-0.4, -0.2) is 36.9 Å². The fraction of sp³-hybridized carbons (Fsp3) is 0.875. The summed E-state index contributed by atoms with van der Waals surface area (Å²) in [5.41, 5.74) is -1.35. The third-order valence-electron chi connectivity index (χ3n) is 1.60. The number of rotatable bonds is 5. The van der Waals surface area contributed by atoms with Gasteiger partial charge in [-0.25, -0.2) is 8.42 Å². The number of hydrogen-bond acceptors (Lipinski definition) is 4. The Bertz CT molecular complexity index is 271. The maximum absolute atomic E-state index is 11.1. The van der Waals surface area contributed by atoms with Crippen molar-refractivity contribution in [1.29, 1.82) is 0 Å². The first-order chi connectivity index (χ1) is 5.63. The van der Waals surface area contributed by atoms with E-state index in [0.29, 0.717) is 0 Å². The molecule has 13 heavy (non-hydrogen) atoms. The van der Waals surface area contributed by atoms with Crippen LogP contribution in [0.15, 0.2) is 0 Å². The molecule has 0 bridgehead atoms.